The molecule has 0 saturated heterocycles. The van der Waals surface area contributed by atoms with Gasteiger partial charge in [0.15, 0.2) is 0 Å². The number of likely N-dealkylation sites (N-methyl/N-ethyl adjacent to an activating group) is 1. The Hall–Kier alpha value is -0.120. The lowest BCUT2D eigenvalue weighted by molar-refractivity contribution is 0.101. The van der Waals surface area contributed by atoms with Gasteiger partial charge in [0.1, 0.15) is 0 Å². The van der Waals surface area contributed by atoms with Crippen molar-refractivity contribution in [1.82, 2.24) is 4.90 Å². The minimum Gasteiger partial charge on any atom is -0.395 e. The van der Waals surface area contributed by atoms with Crippen LogP contribution >= 0.6 is 0 Å². The van der Waals surface area contributed by atoms with Crippen molar-refractivity contribution in [2.24, 2.45) is 5.73 Å². The van der Waals surface area contributed by atoms with E-state index in [1.165, 1.54) is 12.8 Å². The molecule has 3 N–H and O–H groups in total. The summed E-state index contributed by atoms with van der Waals surface area (Å²) in [7, 11) is 0. The maximum absolute atomic E-state index is 9.28. The summed E-state index contributed by atoms with van der Waals surface area (Å²) in [5.41, 5.74) is 5.97. The fraction of sp³-hybridized carbons (Fsp3) is 1.00. The smallest absolute Gasteiger partial charge is 0.0602 e. The number of rotatable bonds is 6. The van der Waals surface area contributed by atoms with E-state index in [9.17, 15) is 5.11 Å². The molecule has 2 unspecified atom stereocenters. The van der Waals surface area contributed by atoms with Gasteiger partial charge in [0.2, 0.25) is 0 Å². The molecule has 1 saturated carbocycles. The summed E-state index contributed by atoms with van der Waals surface area (Å²) in [6.45, 7) is 5.42. The molecule has 1 aliphatic carbocycles. The zero-order chi connectivity index (χ0) is 9.84. The van der Waals surface area contributed by atoms with Crippen LogP contribution in [0.5, 0.6) is 0 Å². The van der Waals surface area contributed by atoms with Crippen LogP contribution < -0.4 is 5.73 Å². The fourth-order valence-corrected chi connectivity index (χ4v) is 1.93. The Balaban J connectivity index is 2.50. The molecule has 2 atom stereocenters. The molecule has 0 aromatic heterocycles. The van der Waals surface area contributed by atoms with E-state index in [0.29, 0.717) is 6.04 Å². The molecule has 1 rings (SSSR count). The van der Waals surface area contributed by atoms with Crippen molar-refractivity contribution in [2.45, 2.75) is 51.2 Å². The maximum atomic E-state index is 9.28. The Bertz CT molecular complexity index is 148. The Morgan fingerprint density at radius 1 is 1.46 bits per heavy atom. The topological polar surface area (TPSA) is 49.5 Å². The van der Waals surface area contributed by atoms with Crippen molar-refractivity contribution < 1.29 is 5.11 Å². The van der Waals surface area contributed by atoms with E-state index in [-0.39, 0.29) is 18.7 Å². The van der Waals surface area contributed by atoms with Crippen LogP contribution in [0.4, 0.5) is 0 Å². The van der Waals surface area contributed by atoms with Crippen molar-refractivity contribution in [3.8, 4) is 0 Å². The lowest BCUT2D eigenvalue weighted by Crippen LogP contribution is -2.50. The average molecular weight is 186 g/mol. The van der Waals surface area contributed by atoms with Gasteiger partial charge in [-0.25, -0.2) is 0 Å². The molecular weight excluding hydrogens is 164 g/mol. The highest BCUT2D eigenvalue weighted by Crippen LogP contribution is 2.29. The first kappa shape index (κ1) is 11.0. The standard InChI is InChI=1S/C10H22N2O/c1-3-9(11)10(7-13)12(4-2)8-5-6-8/h8-10,13H,3-7,11H2,1-2H3. The molecule has 1 aliphatic rings. The number of nitrogens with two attached hydrogens (primary N) is 1. The molecule has 0 radical (unpaired) electrons. The summed E-state index contributed by atoms with van der Waals surface area (Å²) in [6.07, 6.45) is 3.50. The number of hydrogen-bond donors (Lipinski definition) is 2. The molecule has 0 bridgehead atoms. The average Bonchev–Trinajstić information content (AvgIpc) is 2.96. The third-order valence-corrected chi connectivity index (χ3v) is 2.96. The molecule has 0 aromatic rings. The summed E-state index contributed by atoms with van der Waals surface area (Å²) in [6, 6.07) is 0.979. The van der Waals surface area contributed by atoms with Crippen LogP contribution in [0.1, 0.15) is 33.1 Å². The number of hydrogen-bond acceptors (Lipinski definition) is 3. The lowest BCUT2D eigenvalue weighted by atomic mass is 10.1. The zero-order valence-corrected chi connectivity index (χ0v) is 8.74. The molecule has 1 fully saturated rings. The van der Waals surface area contributed by atoms with Crippen LogP contribution in [0.3, 0.4) is 0 Å². The highest BCUT2D eigenvalue weighted by Gasteiger charge is 2.34. The first-order chi connectivity index (χ1) is 6.24. The van der Waals surface area contributed by atoms with E-state index in [4.69, 9.17) is 5.73 Å². The van der Waals surface area contributed by atoms with Crippen LogP contribution in [0.25, 0.3) is 0 Å². The van der Waals surface area contributed by atoms with Gasteiger partial charge in [-0.2, -0.15) is 0 Å². The van der Waals surface area contributed by atoms with Crippen molar-refractivity contribution in [2.75, 3.05) is 13.2 Å². The molecule has 0 aromatic carbocycles. The summed E-state index contributed by atoms with van der Waals surface area (Å²) in [4.78, 5) is 2.36. The molecule has 13 heavy (non-hydrogen) atoms. The number of aliphatic hydroxyl groups excluding tert-OH is 1. The minimum atomic E-state index is 0.116. The second-order valence-electron chi connectivity index (χ2n) is 3.88. The second-order valence-corrected chi connectivity index (χ2v) is 3.88. The minimum absolute atomic E-state index is 0.116. The predicted molar refractivity (Wildman–Crippen MR) is 54.5 cm³/mol. The molecule has 3 nitrogen and oxygen atoms in total. The van der Waals surface area contributed by atoms with Gasteiger partial charge in [-0.15, -0.1) is 0 Å². The molecule has 78 valence electrons. The number of nitrogens with zero attached hydrogens (tertiary/aromatic N) is 1. The van der Waals surface area contributed by atoms with Crippen LogP contribution in [-0.2, 0) is 0 Å². The largest absolute Gasteiger partial charge is 0.395 e. The summed E-state index contributed by atoms with van der Waals surface area (Å²) < 4.78 is 0. The second kappa shape index (κ2) is 4.94. The Morgan fingerprint density at radius 3 is 2.38 bits per heavy atom. The van der Waals surface area contributed by atoms with E-state index in [1.54, 1.807) is 0 Å². The third-order valence-electron chi connectivity index (χ3n) is 2.96. The van der Waals surface area contributed by atoms with E-state index < -0.39 is 0 Å². The Labute approximate surface area is 80.9 Å². The molecular formula is C10H22N2O. The van der Waals surface area contributed by atoms with E-state index >= 15 is 0 Å². The third kappa shape index (κ3) is 2.66. The van der Waals surface area contributed by atoms with Crippen LogP contribution in [-0.4, -0.2) is 41.3 Å². The monoisotopic (exact) mass is 186 g/mol. The van der Waals surface area contributed by atoms with Crippen molar-refractivity contribution in [1.29, 1.82) is 0 Å². The van der Waals surface area contributed by atoms with Gasteiger partial charge in [0.05, 0.1) is 6.61 Å². The first-order valence-electron chi connectivity index (χ1n) is 5.36. The van der Waals surface area contributed by atoms with E-state index in [0.717, 1.165) is 13.0 Å². The number of aliphatic hydroxyl groups is 1. The molecule has 0 heterocycles. The predicted octanol–water partition coefficient (Wildman–Crippen LogP) is 0.569. The highest BCUT2D eigenvalue weighted by atomic mass is 16.3. The first-order valence-corrected chi connectivity index (χ1v) is 5.36. The quantitative estimate of drug-likeness (QED) is 0.637. The summed E-state index contributed by atoms with van der Waals surface area (Å²) >= 11 is 0. The van der Waals surface area contributed by atoms with Gasteiger partial charge < -0.3 is 10.8 Å². The Kier molecular flexibility index (Phi) is 4.16. The van der Waals surface area contributed by atoms with Crippen molar-refractivity contribution in [3.05, 3.63) is 0 Å². The van der Waals surface area contributed by atoms with Crippen molar-refractivity contribution in [3.63, 3.8) is 0 Å². The lowest BCUT2D eigenvalue weighted by Gasteiger charge is -2.33. The Morgan fingerprint density at radius 2 is 2.08 bits per heavy atom. The van der Waals surface area contributed by atoms with Crippen LogP contribution in [0.2, 0.25) is 0 Å². The van der Waals surface area contributed by atoms with Crippen molar-refractivity contribution >= 4 is 0 Å². The molecule has 0 amide bonds. The van der Waals surface area contributed by atoms with E-state index in [2.05, 4.69) is 18.7 Å². The molecule has 0 aliphatic heterocycles. The zero-order valence-electron chi connectivity index (χ0n) is 8.74. The maximum Gasteiger partial charge on any atom is 0.0602 e. The van der Waals surface area contributed by atoms with E-state index in [1.807, 2.05) is 0 Å². The fourth-order valence-electron chi connectivity index (χ4n) is 1.93. The van der Waals surface area contributed by atoms with Gasteiger partial charge in [0.25, 0.3) is 0 Å². The van der Waals surface area contributed by atoms with Crippen LogP contribution in [0, 0.1) is 0 Å². The summed E-state index contributed by atoms with van der Waals surface area (Å²) in [5, 5.41) is 9.28. The van der Waals surface area contributed by atoms with Gasteiger partial charge in [-0.05, 0) is 25.8 Å². The molecule has 3 heteroatoms. The molecule has 0 spiro atoms. The van der Waals surface area contributed by atoms with Gasteiger partial charge in [-0.1, -0.05) is 13.8 Å². The van der Waals surface area contributed by atoms with Crippen LogP contribution in [0.15, 0.2) is 0 Å². The SMILES string of the molecule is CCC(N)C(CO)N(CC)C1CC1. The highest BCUT2D eigenvalue weighted by molar-refractivity contribution is 4.91. The normalized spacial score (nSPS) is 21.9. The van der Waals surface area contributed by atoms with Gasteiger partial charge >= 0.3 is 0 Å². The summed E-state index contributed by atoms with van der Waals surface area (Å²) in [5.74, 6) is 0. The van der Waals surface area contributed by atoms with Gasteiger partial charge in [-0.3, -0.25) is 4.90 Å². The van der Waals surface area contributed by atoms with Gasteiger partial charge in [0, 0.05) is 18.1 Å².